The van der Waals surface area contributed by atoms with Gasteiger partial charge >= 0.3 is 16.1 Å². The minimum atomic E-state index is -5.65. The average Bonchev–Trinajstić information content (AvgIpc) is 3.72. The number of esters is 1. The first-order valence-corrected chi connectivity index (χ1v) is 27.1. The molecule has 0 atom stereocenters. The van der Waals surface area contributed by atoms with Crippen molar-refractivity contribution < 1.29 is 102 Å². The lowest BCUT2D eigenvalue weighted by molar-refractivity contribution is -0.136. The molecule has 446 valence electrons. The number of hydrogen-bond acceptors (Lipinski definition) is 21. The number of aliphatic imine (C=N–C) groups is 1. The fourth-order valence-corrected chi connectivity index (χ4v) is 7.58. The second kappa shape index (κ2) is 38.1. The molecule has 2 amide bonds. The first-order chi connectivity index (χ1) is 38.6. The van der Waals surface area contributed by atoms with Crippen LogP contribution in [0.1, 0.15) is 44.0 Å². The lowest BCUT2D eigenvalue weighted by atomic mass is 10.0. The Kier molecular flexibility index (Phi) is 31.8. The first-order valence-electron chi connectivity index (χ1n) is 25.6. The molecule has 0 radical (unpaired) electrons. The van der Waals surface area contributed by atoms with E-state index in [9.17, 15) is 45.5 Å². The molecule has 0 saturated carbocycles. The summed E-state index contributed by atoms with van der Waals surface area (Å²) in [6.45, 7) is 8.43. The average molecular weight is 1160 g/mol. The highest BCUT2D eigenvalue weighted by Gasteiger charge is 2.34. The quantitative estimate of drug-likeness (QED) is 0.0158. The van der Waals surface area contributed by atoms with E-state index in [0.29, 0.717) is 122 Å². The number of carbonyl (C=O) groups is 3. The summed E-state index contributed by atoms with van der Waals surface area (Å²) in [5.74, 6) is -12.3. The van der Waals surface area contributed by atoms with Crippen LogP contribution in [0.3, 0.4) is 0 Å². The number of hydrogen-bond donors (Lipinski definition) is 4. The number of nitrogens with one attached hydrogen (secondary N) is 1. The number of nitrogens with two attached hydrogens (primary N) is 1. The zero-order valence-electron chi connectivity index (χ0n) is 44.5. The number of carbonyl (C=O) groups excluding carboxylic acids is 3. The van der Waals surface area contributed by atoms with Crippen LogP contribution in [0.15, 0.2) is 46.1 Å². The van der Waals surface area contributed by atoms with Gasteiger partial charge in [0.25, 0.3) is 0 Å². The molecule has 0 aliphatic carbocycles. The Balaban J connectivity index is 0.858. The van der Waals surface area contributed by atoms with Crippen LogP contribution < -0.4 is 15.8 Å². The Morgan fingerprint density at radius 2 is 1.10 bits per heavy atom. The molecular weight excluding hydrogens is 1090 g/mol. The standard InChI is InChI=1S/C51H70F4N6O18S/c1-2-7-61(8-9-62)51(65)38-30-37-4-3-36(31-40(37)60-41(56)32-38)39-33-57-42(58-34-39)35-59-43(63)5-10-69-12-14-71-16-18-73-20-22-75-24-26-77-28-29-78-27-25-76-23-21-74-19-17-72-15-13-70-11-6-44(64)79-49-45(52)47(54)50(80(66,67)68)48(55)46(49)53/h3-4,30-31,33-34,62H,2,5-29,32,35H2,1H3,(H2,56,60)(H,59,63)(H,66,67,68). The molecule has 0 saturated heterocycles. The van der Waals surface area contributed by atoms with Gasteiger partial charge in [-0.05, 0) is 24.1 Å². The van der Waals surface area contributed by atoms with Crippen molar-refractivity contribution in [1.82, 2.24) is 20.2 Å². The number of fused-ring (bicyclic) bond motifs is 1. The molecule has 0 spiro atoms. The summed E-state index contributed by atoms with van der Waals surface area (Å²) >= 11 is 0. The van der Waals surface area contributed by atoms with E-state index in [1.54, 1.807) is 23.4 Å². The van der Waals surface area contributed by atoms with Crippen molar-refractivity contribution >= 4 is 45.5 Å². The van der Waals surface area contributed by atoms with Crippen molar-refractivity contribution in [3.8, 4) is 16.9 Å². The third-order valence-corrected chi connectivity index (χ3v) is 11.7. The van der Waals surface area contributed by atoms with Crippen LogP contribution in [0.2, 0.25) is 0 Å². The second-order valence-corrected chi connectivity index (χ2v) is 18.2. The Labute approximate surface area is 460 Å². The van der Waals surface area contributed by atoms with E-state index < -0.39 is 56.4 Å². The van der Waals surface area contributed by atoms with Crippen LogP contribution in [0.5, 0.6) is 5.75 Å². The maximum atomic E-state index is 14.0. The monoisotopic (exact) mass is 1160 g/mol. The summed E-state index contributed by atoms with van der Waals surface area (Å²) in [5.41, 5.74) is 9.63. The van der Waals surface area contributed by atoms with Crippen LogP contribution >= 0.6 is 0 Å². The summed E-state index contributed by atoms with van der Waals surface area (Å²) in [5, 5.41) is 12.2. The molecule has 0 bridgehead atoms. The van der Waals surface area contributed by atoms with E-state index in [1.807, 2.05) is 25.1 Å². The van der Waals surface area contributed by atoms with Crippen molar-refractivity contribution in [3.63, 3.8) is 0 Å². The lowest BCUT2D eigenvalue weighted by Gasteiger charge is -2.22. The van der Waals surface area contributed by atoms with Gasteiger partial charge < -0.3 is 73.2 Å². The number of ether oxygens (including phenoxy) is 11. The Bertz CT molecular complexity index is 2520. The fraction of sp³-hybridized carbons (Fsp3) is 0.569. The van der Waals surface area contributed by atoms with Gasteiger partial charge in [0.1, 0.15) is 11.7 Å². The summed E-state index contributed by atoms with van der Waals surface area (Å²) in [6, 6.07) is 5.62. The van der Waals surface area contributed by atoms with Crippen molar-refractivity contribution in [1.29, 1.82) is 0 Å². The second-order valence-electron chi connectivity index (χ2n) is 16.9. The van der Waals surface area contributed by atoms with Gasteiger partial charge in [0.15, 0.2) is 16.5 Å². The Hall–Kier alpha value is -5.67. The minimum absolute atomic E-state index is 0.0148. The van der Waals surface area contributed by atoms with Crippen LogP contribution in [0.25, 0.3) is 17.2 Å². The third kappa shape index (κ3) is 25.0. The normalized spacial score (nSPS) is 12.4. The number of amidine groups is 1. The maximum absolute atomic E-state index is 14.0. The van der Waals surface area contributed by atoms with E-state index in [1.165, 1.54) is 0 Å². The molecule has 1 aliphatic heterocycles. The topological polar surface area (TPSA) is 307 Å². The molecule has 0 unspecified atom stereocenters. The SMILES string of the molecule is CCCN(CCO)C(=O)C1=Cc2ccc(-c3cnc(CNC(=O)CCOCCOCCOCCOCCOCCOCCOCCOCCOCCOCCC(=O)Oc4c(F)c(F)c(S(=O)(=O)O)c(F)c4F)nc3)cc2N=C(N)C1. The van der Waals surface area contributed by atoms with Crippen LogP contribution in [0, 0.1) is 23.3 Å². The predicted octanol–water partition coefficient (Wildman–Crippen LogP) is 3.12. The Morgan fingerprint density at radius 1 is 0.650 bits per heavy atom. The molecule has 2 heterocycles. The summed E-state index contributed by atoms with van der Waals surface area (Å²) in [6.07, 6.45) is 5.66. The number of rotatable bonds is 43. The zero-order valence-corrected chi connectivity index (χ0v) is 45.3. The van der Waals surface area contributed by atoms with Crippen molar-refractivity contribution in [2.24, 2.45) is 10.7 Å². The van der Waals surface area contributed by atoms with Crippen LogP contribution in [-0.2, 0) is 78.4 Å². The van der Waals surface area contributed by atoms with E-state index in [-0.39, 0.29) is 84.0 Å². The van der Waals surface area contributed by atoms with Gasteiger partial charge in [-0.1, -0.05) is 19.1 Å². The van der Waals surface area contributed by atoms with Gasteiger partial charge in [-0.15, -0.1) is 0 Å². The van der Waals surface area contributed by atoms with Crippen LogP contribution in [-0.4, -0.2) is 208 Å². The van der Waals surface area contributed by atoms with Gasteiger partial charge in [0.05, 0.1) is 157 Å². The number of aliphatic hydroxyl groups excluding tert-OH is 1. The largest absolute Gasteiger partial charge is 0.420 e. The molecule has 1 aromatic heterocycles. The molecular formula is C51H70F4N6O18S. The number of halogens is 4. The molecule has 0 fully saturated rings. The van der Waals surface area contributed by atoms with Gasteiger partial charge in [-0.2, -0.15) is 17.2 Å². The number of benzene rings is 2. The third-order valence-electron chi connectivity index (χ3n) is 10.8. The van der Waals surface area contributed by atoms with E-state index in [4.69, 9.17) is 57.7 Å². The summed E-state index contributed by atoms with van der Waals surface area (Å²) < 4.78 is 145. The summed E-state index contributed by atoms with van der Waals surface area (Å²) in [7, 11) is -5.65. The lowest BCUT2D eigenvalue weighted by Crippen LogP contribution is -2.36. The molecule has 5 N–H and O–H groups in total. The number of aromatic nitrogens is 2. The van der Waals surface area contributed by atoms with Crippen molar-refractivity contribution in [2.75, 3.05) is 152 Å². The maximum Gasteiger partial charge on any atom is 0.313 e. The molecule has 24 nitrogen and oxygen atoms in total. The molecule has 4 rings (SSSR count). The van der Waals surface area contributed by atoms with Crippen molar-refractivity contribution in [3.05, 3.63) is 70.8 Å². The summed E-state index contributed by atoms with van der Waals surface area (Å²) in [4.78, 5) is 50.1. The van der Waals surface area contributed by atoms with Gasteiger partial charge in [-0.3, -0.25) is 18.9 Å². The molecule has 80 heavy (non-hydrogen) atoms. The van der Waals surface area contributed by atoms with E-state index in [0.717, 1.165) is 23.1 Å². The fourth-order valence-electron chi connectivity index (χ4n) is 6.95. The Morgan fingerprint density at radius 3 is 1.54 bits per heavy atom. The van der Waals surface area contributed by atoms with Gasteiger partial charge in [0.2, 0.25) is 29.2 Å². The van der Waals surface area contributed by atoms with Crippen molar-refractivity contribution in [2.45, 2.75) is 44.0 Å². The van der Waals surface area contributed by atoms with Gasteiger partial charge in [-0.25, -0.2) is 23.7 Å². The molecule has 2 aromatic carbocycles. The predicted molar refractivity (Wildman–Crippen MR) is 276 cm³/mol. The van der Waals surface area contributed by atoms with Gasteiger partial charge in [0, 0.05) is 55.0 Å². The highest BCUT2D eigenvalue weighted by Crippen LogP contribution is 2.34. The number of amides is 2. The highest BCUT2D eigenvalue weighted by atomic mass is 32.2. The molecule has 29 heteroatoms. The van der Waals surface area contributed by atoms with E-state index >= 15 is 0 Å². The number of nitrogens with zero attached hydrogens (tertiary/aromatic N) is 4. The van der Waals surface area contributed by atoms with Crippen LogP contribution in [0.4, 0.5) is 23.2 Å². The van der Waals surface area contributed by atoms with E-state index in [2.05, 4.69) is 25.0 Å². The first kappa shape index (κ1) is 66.8. The minimum Gasteiger partial charge on any atom is -0.420 e. The highest BCUT2D eigenvalue weighted by molar-refractivity contribution is 7.85. The smallest absolute Gasteiger partial charge is 0.313 e. The number of aliphatic hydroxyl groups is 1. The zero-order chi connectivity index (χ0) is 58.0. The molecule has 3 aromatic rings. The molecule has 1 aliphatic rings.